The summed E-state index contributed by atoms with van der Waals surface area (Å²) in [5.41, 5.74) is -1.59. The number of halogens is 1. The normalized spacial score (nSPS) is 30.9. The topological polar surface area (TPSA) is 96.4 Å². The highest BCUT2D eigenvalue weighted by Gasteiger charge is 2.77. The molecule has 3 rings (SSSR count). The average Bonchev–Trinajstić information content (AvgIpc) is 3.40. The predicted octanol–water partition coefficient (Wildman–Crippen LogP) is 3.22. The molecule has 6 atom stereocenters. The molecule has 2 amide bonds. The number of unbranched alkanes of at least 4 members (excludes halogenated alkanes) is 3. The Labute approximate surface area is 223 Å². The van der Waals surface area contributed by atoms with Gasteiger partial charge in [-0.3, -0.25) is 14.4 Å². The minimum atomic E-state index is -1.09. The highest BCUT2D eigenvalue weighted by atomic mass is 79.9. The summed E-state index contributed by atoms with van der Waals surface area (Å²) >= 11 is 3.68. The standard InChI is InChI=1S/C27H41BrN2O6/c1-6-8-16-35-25(34)19-20-23(32)29(14-11-9-10-12-15-31)22(27(20)17-18(28)21(19)36-27)24(33)30(13-7-2)26(3,4)5/h6-7,18-22,31H,1-2,8-17H2,3-5H3/t18?,19-,20+,21-,22?,27?/m1/s1. The van der Waals surface area contributed by atoms with Gasteiger partial charge in [0.25, 0.3) is 0 Å². The van der Waals surface area contributed by atoms with Crippen molar-refractivity contribution in [3.8, 4) is 0 Å². The van der Waals surface area contributed by atoms with E-state index in [1.807, 2.05) is 20.8 Å². The molecule has 0 saturated carbocycles. The van der Waals surface area contributed by atoms with Gasteiger partial charge in [-0.05, 0) is 46.5 Å². The minimum absolute atomic E-state index is 0.133. The van der Waals surface area contributed by atoms with Crippen LogP contribution < -0.4 is 0 Å². The Morgan fingerprint density at radius 1 is 1.25 bits per heavy atom. The maximum absolute atomic E-state index is 14.2. The van der Waals surface area contributed by atoms with Gasteiger partial charge in [-0.25, -0.2) is 0 Å². The molecule has 3 aliphatic rings. The second-order valence-corrected chi connectivity index (χ2v) is 12.2. The molecule has 3 unspecified atom stereocenters. The van der Waals surface area contributed by atoms with Crippen molar-refractivity contribution in [3.05, 3.63) is 25.3 Å². The Morgan fingerprint density at radius 3 is 2.56 bits per heavy atom. The quantitative estimate of drug-likeness (QED) is 0.158. The Morgan fingerprint density at radius 2 is 1.94 bits per heavy atom. The molecule has 3 aliphatic heterocycles. The molecule has 0 aliphatic carbocycles. The molecule has 0 aromatic heterocycles. The number of nitrogens with zero attached hydrogens (tertiary/aromatic N) is 2. The summed E-state index contributed by atoms with van der Waals surface area (Å²) in [7, 11) is 0. The maximum atomic E-state index is 14.2. The van der Waals surface area contributed by atoms with E-state index in [-0.39, 0.29) is 29.9 Å². The van der Waals surface area contributed by atoms with Crippen LogP contribution in [0.4, 0.5) is 0 Å². The lowest BCUT2D eigenvalue weighted by Gasteiger charge is -2.42. The van der Waals surface area contributed by atoms with Crippen LogP contribution in [0.3, 0.4) is 0 Å². The second-order valence-electron chi connectivity index (χ2n) is 11.0. The number of hydrogen-bond acceptors (Lipinski definition) is 6. The Balaban J connectivity index is 1.98. The monoisotopic (exact) mass is 568 g/mol. The first kappa shape index (κ1) is 28.9. The smallest absolute Gasteiger partial charge is 0.312 e. The number of carbonyl (C=O) groups excluding carboxylic acids is 3. The van der Waals surface area contributed by atoms with Gasteiger partial charge in [-0.2, -0.15) is 0 Å². The lowest BCUT2D eigenvalue weighted by Crippen LogP contribution is -2.60. The van der Waals surface area contributed by atoms with E-state index >= 15 is 0 Å². The molecule has 202 valence electrons. The Kier molecular flexibility index (Phi) is 9.44. The van der Waals surface area contributed by atoms with Crippen LogP contribution in [0, 0.1) is 11.8 Å². The number of carbonyl (C=O) groups is 3. The number of amides is 2. The third-order valence-electron chi connectivity index (χ3n) is 7.56. The van der Waals surface area contributed by atoms with E-state index < -0.39 is 41.1 Å². The fourth-order valence-corrected chi connectivity index (χ4v) is 6.92. The van der Waals surface area contributed by atoms with Gasteiger partial charge in [0.05, 0.1) is 24.5 Å². The predicted molar refractivity (Wildman–Crippen MR) is 140 cm³/mol. The van der Waals surface area contributed by atoms with Gasteiger partial charge < -0.3 is 24.4 Å². The molecule has 2 bridgehead atoms. The number of esters is 1. The number of hydrogen-bond donors (Lipinski definition) is 1. The first-order valence-electron chi connectivity index (χ1n) is 13.0. The number of rotatable bonds is 13. The van der Waals surface area contributed by atoms with E-state index in [1.165, 1.54) is 0 Å². The number of aliphatic hydroxyl groups excluding tert-OH is 1. The van der Waals surface area contributed by atoms with Crippen LogP contribution in [0.5, 0.6) is 0 Å². The van der Waals surface area contributed by atoms with Crippen LogP contribution in [0.2, 0.25) is 0 Å². The molecule has 1 N–H and O–H groups in total. The molecule has 0 aromatic carbocycles. The van der Waals surface area contributed by atoms with Crippen molar-refractivity contribution >= 4 is 33.7 Å². The van der Waals surface area contributed by atoms with Crippen molar-refractivity contribution in [1.29, 1.82) is 0 Å². The second kappa shape index (κ2) is 11.8. The van der Waals surface area contributed by atoms with Crippen LogP contribution in [-0.2, 0) is 23.9 Å². The summed E-state index contributed by atoms with van der Waals surface area (Å²) in [5, 5.41) is 9.09. The molecular weight excluding hydrogens is 528 g/mol. The van der Waals surface area contributed by atoms with Gasteiger partial charge >= 0.3 is 5.97 Å². The zero-order valence-corrected chi connectivity index (χ0v) is 23.4. The van der Waals surface area contributed by atoms with Crippen LogP contribution in [0.15, 0.2) is 25.3 Å². The van der Waals surface area contributed by atoms with E-state index in [0.717, 1.165) is 12.8 Å². The molecule has 1 spiro atoms. The fraction of sp³-hybridized carbons (Fsp3) is 0.741. The summed E-state index contributed by atoms with van der Waals surface area (Å²) < 4.78 is 12.0. The first-order valence-corrected chi connectivity index (χ1v) is 13.9. The highest BCUT2D eigenvalue weighted by molar-refractivity contribution is 9.09. The molecule has 3 saturated heterocycles. The van der Waals surface area contributed by atoms with Crippen LogP contribution in [0.25, 0.3) is 0 Å². The highest BCUT2D eigenvalue weighted by Crippen LogP contribution is 2.60. The lowest BCUT2D eigenvalue weighted by atomic mass is 9.70. The summed E-state index contributed by atoms with van der Waals surface area (Å²) in [6.07, 6.45) is 6.90. The molecule has 3 heterocycles. The van der Waals surface area contributed by atoms with Gasteiger partial charge in [0.2, 0.25) is 11.8 Å². The van der Waals surface area contributed by atoms with Gasteiger partial charge in [-0.15, -0.1) is 13.2 Å². The van der Waals surface area contributed by atoms with Crippen molar-refractivity contribution in [2.24, 2.45) is 11.8 Å². The number of ether oxygens (including phenoxy) is 2. The average molecular weight is 570 g/mol. The first-order chi connectivity index (χ1) is 17.0. The Bertz CT molecular complexity index is 858. The third kappa shape index (κ3) is 5.29. The molecule has 8 nitrogen and oxygen atoms in total. The lowest BCUT2D eigenvalue weighted by molar-refractivity contribution is -0.155. The number of likely N-dealkylation sites (tertiary alicyclic amines) is 1. The molecule has 36 heavy (non-hydrogen) atoms. The van der Waals surface area contributed by atoms with E-state index in [9.17, 15) is 14.4 Å². The molecule has 9 heteroatoms. The van der Waals surface area contributed by atoms with Crippen molar-refractivity contribution in [3.63, 3.8) is 0 Å². The van der Waals surface area contributed by atoms with Crippen molar-refractivity contribution < 1.29 is 29.0 Å². The molecule has 0 radical (unpaired) electrons. The zero-order chi connectivity index (χ0) is 26.7. The largest absolute Gasteiger partial charge is 0.465 e. The zero-order valence-electron chi connectivity index (χ0n) is 21.8. The summed E-state index contributed by atoms with van der Waals surface area (Å²) in [6.45, 7) is 14.4. The number of aliphatic hydroxyl groups is 1. The van der Waals surface area contributed by atoms with Gasteiger partial charge in [0.15, 0.2) is 0 Å². The van der Waals surface area contributed by atoms with Gasteiger partial charge in [0.1, 0.15) is 11.6 Å². The minimum Gasteiger partial charge on any atom is -0.465 e. The van der Waals surface area contributed by atoms with Crippen molar-refractivity contribution in [2.45, 2.75) is 87.4 Å². The fourth-order valence-electron chi connectivity index (χ4n) is 5.98. The number of alkyl halides is 1. The number of fused-ring (bicyclic) bond motifs is 1. The molecular formula is C27H41BrN2O6. The van der Waals surface area contributed by atoms with E-state index in [4.69, 9.17) is 14.6 Å². The molecule has 0 aromatic rings. The molecule has 3 fully saturated rings. The summed E-state index contributed by atoms with van der Waals surface area (Å²) in [6, 6.07) is -0.831. The summed E-state index contributed by atoms with van der Waals surface area (Å²) in [4.78, 5) is 44.6. The Hall–Kier alpha value is -1.71. The van der Waals surface area contributed by atoms with E-state index in [0.29, 0.717) is 38.8 Å². The van der Waals surface area contributed by atoms with Crippen molar-refractivity contribution in [2.75, 3.05) is 26.3 Å². The van der Waals surface area contributed by atoms with E-state index in [1.54, 1.807) is 22.0 Å². The summed E-state index contributed by atoms with van der Waals surface area (Å²) in [5.74, 6) is -2.38. The van der Waals surface area contributed by atoms with Crippen molar-refractivity contribution in [1.82, 2.24) is 9.80 Å². The van der Waals surface area contributed by atoms with Gasteiger partial charge in [-0.1, -0.05) is 40.9 Å². The van der Waals surface area contributed by atoms with Crippen LogP contribution >= 0.6 is 15.9 Å². The van der Waals surface area contributed by atoms with Crippen LogP contribution in [-0.4, -0.2) is 87.1 Å². The van der Waals surface area contributed by atoms with Crippen LogP contribution in [0.1, 0.15) is 59.3 Å². The maximum Gasteiger partial charge on any atom is 0.312 e. The third-order valence-corrected chi connectivity index (χ3v) is 8.40. The van der Waals surface area contributed by atoms with Gasteiger partial charge in [0, 0.05) is 30.1 Å². The van der Waals surface area contributed by atoms with E-state index in [2.05, 4.69) is 29.1 Å². The SMILES string of the molecule is C=CCCOC(=O)[C@H]1[C@@H]2OC3(CC2Br)C(C(=O)N(CC=C)C(C)(C)C)N(CCCCCCO)C(=O)[C@H]13.